The summed E-state index contributed by atoms with van der Waals surface area (Å²) in [6, 6.07) is 0. The van der Waals surface area contributed by atoms with E-state index in [2.05, 4.69) is 6.92 Å². The number of nitrogens with zero attached hydrogens (tertiary/aromatic N) is 2. The molecule has 0 aromatic heterocycles. The first-order valence-electron chi connectivity index (χ1n) is 9.83. The van der Waals surface area contributed by atoms with Gasteiger partial charge in [0.25, 0.3) is 0 Å². The molecule has 2 atom stereocenters. The van der Waals surface area contributed by atoms with Gasteiger partial charge in [-0.25, -0.2) is 0 Å². The lowest BCUT2D eigenvalue weighted by Crippen LogP contribution is -2.49. The molecule has 2 amide bonds. The Labute approximate surface area is 146 Å². The molecule has 0 bridgehead atoms. The molecule has 0 aromatic rings. The lowest BCUT2D eigenvalue weighted by molar-refractivity contribution is -0.143. The van der Waals surface area contributed by atoms with Gasteiger partial charge in [-0.2, -0.15) is 0 Å². The highest BCUT2D eigenvalue weighted by atomic mass is 16.5. The quantitative estimate of drug-likeness (QED) is 0.717. The van der Waals surface area contributed by atoms with E-state index in [1.54, 1.807) is 0 Å². The van der Waals surface area contributed by atoms with E-state index in [1.807, 2.05) is 16.7 Å². The molecule has 2 rings (SSSR count). The third-order valence-corrected chi connectivity index (χ3v) is 5.09. The Hall–Kier alpha value is -1.10. The van der Waals surface area contributed by atoms with Crippen molar-refractivity contribution < 1.29 is 14.3 Å². The lowest BCUT2D eigenvalue weighted by Gasteiger charge is -2.36. The zero-order chi connectivity index (χ0) is 17.4. The van der Waals surface area contributed by atoms with Crippen LogP contribution in [0.3, 0.4) is 0 Å². The van der Waals surface area contributed by atoms with Crippen LogP contribution in [0.15, 0.2) is 0 Å². The summed E-state index contributed by atoms with van der Waals surface area (Å²) >= 11 is 0. The molecule has 0 unspecified atom stereocenters. The number of hydrogen-bond donors (Lipinski definition) is 0. The van der Waals surface area contributed by atoms with Crippen LogP contribution in [-0.2, 0) is 14.3 Å². The third-order valence-electron chi connectivity index (χ3n) is 5.09. The van der Waals surface area contributed by atoms with Crippen LogP contribution in [0, 0.1) is 5.92 Å². The average molecular weight is 338 g/mol. The molecule has 0 saturated carbocycles. The number of amides is 2. The predicted molar refractivity (Wildman–Crippen MR) is 94.7 cm³/mol. The van der Waals surface area contributed by atoms with Crippen molar-refractivity contribution in [2.45, 2.75) is 71.3 Å². The largest absolute Gasteiger partial charge is 0.376 e. The van der Waals surface area contributed by atoms with Crippen LogP contribution in [0.4, 0.5) is 0 Å². The number of rotatable bonds is 7. The van der Waals surface area contributed by atoms with Crippen LogP contribution < -0.4 is 0 Å². The van der Waals surface area contributed by atoms with Gasteiger partial charge in [-0.15, -0.1) is 0 Å². The number of piperidine rings is 1. The van der Waals surface area contributed by atoms with Gasteiger partial charge in [-0.05, 0) is 44.9 Å². The van der Waals surface area contributed by atoms with E-state index in [4.69, 9.17) is 4.74 Å². The second kappa shape index (κ2) is 10.0. The SMILES string of the molecule is CCCC(=O)N1CCC[C@H](C(=O)N(CCC)C[C@@H]2CCCCO2)C1. The number of carbonyl (C=O) groups is 2. The van der Waals surface area contributed by atoms with Crippen molar-refractivity contribution in [2.24, 2.45) is 5.92 Å². The summed E-state index contributed by atoms with van der Waals surface area (Å²) in [5.74, 6) is 0.391. The molecular formula is C19H34N2O3. The Morgan fingerprint density at radius 3 is 2.62 bits per heavy atom. The molecule has 2 heterocycles. The molecular weight excluding hydrogens is 304 g/mol. The van der Waals surface area contributed by atoms with Gasteiger partial charge in [-0.3, -0.25) is 9.59 Å². The van der Waals surface area contributed by atoms with Crippen molar-refractivity contribution >= 4 is 11.8 Å². The summed E-state index contributed by atoms with van der Waals surface area (Å²) in [7, 11) is 0. The smallest absolute Gasteiger partial charge is 0.227 e. The van der Waals surface area contributed by atoms with Crippen molar-refractivity contribution in [2.75, 3.05) is 32.8 Å². The van der Waals surface area contributed by atoms with Crippen LogP contribution in [0.25, 0.3) is 0 Å². The highest BCUT2D eigenvalue weighted by molar-refractivity contribution is 5.81. The van der Waals surface area contributed by atoms with Gasteiger partial charge in [0.15, 0.2) is 0 Å². The summed E-state index contributed by atoms with van der Waals surface area (Å²) in [5.41, 5.74) is 0. The van der Waals surface area contributed by atoms with Crippen LogP contribution in [0.2, 0.25) is 0 Å². The predicted octanol–water partition coefficient (Wildman–Crippen LogP) is 2.83. The van der Waals surface area contributed by atoms with Crippen LogP contribution >= 0.6 is 0 Å². The van der Waals surface area contributed by atoms with Gasteiger partial charge in [0.2, 0.25) is 11.8 Å². The summed E-state index contributed by atoms with van der Waals surface area (Å²) in [6.45, 7) is 7.87. The van der Waals surface area contributed by atoms with Gasteiger partial charge in [0.05, 0.1) is 12.0 Å². The lowest BCUT2D eigenvalue weighted by atomic mass is 9.95. The highest BCUT2D eigenvalue weighted by Gasteiger charge is 2.32. The van der Waals surface area contributed by atoms with Crippen molar-refractivity contribution in [1.29, 1.82) is 0 Å². The van der Waals surface area contributed by atoms with E-state index in [-0.39, 0.29) is 23.8 Å². The van der Waals surface area contributed by atoms with E-state index in [1.165, 1.54) is 6.42 Å². The van der Waals surface area contributed by atoms with Crippen molar-refractivity contribution in [3.05, 3.63) is 0 Å². The van der Waals surface area contributed by atoms with Crippen LogP contribution in [-0.4, -0.2) is 60.5 Å². The molecule has 0 aromatic carbocycles. The fourth-order valence-electron chi connectivity index (χ4n) is 3.79. The maximum Gasteiger partial charge on any atom is 0.227 e. The van der Waals surface area contributed by atoms with Crippen LogP contribution in [0.1, 0.15) is 65.2 Å². The minimum absolute atomic E-state index is 0.0327. The Kier molecular flexibility index (Phi) is 8.03. The van der Waals surface area contributed by atoms with E-state index in [0.29, 0.717) is 19.5 Å². The number of likely N-dealkylation sites (tertiary alicyclic amines) is 1. The molecule has 2 saturated heterocycles. The maximum atomic E-state index is 13.0. The molecule has 0 aliphatic carbocycles. The first-order chi connectivity index (χ1) is 11.7. The number of ether oxygens (including phenoxy) is 1. The molecule has 0 N–H and O–H groups in total. The molecule has 5 nitrogen and oxygen atoms in total. The second-order valence-corrected chi connectivity index (χ2v) is 7.20. The van der Waals surface area contributed by atoms with Crippen LogP contribution in [0.5, 0.6) is 0 Å². The molecule has 24 heavy (non-hydrogen) atoms. The number of carbonyl (C=O) groups excluding carboxylic acids is 2. The Morgan fingerprint density at radius 2 is 1.96 bits per heavy atom. The molecule has 2 aliphatic rings. The van der Waals surface area contributed by atoms with E-state index in [0.717, 1.165) is 58.2 Å². The van der Waals surface area contributed by atoms with E-state index >= 15 is 0 Å². The minimum Gasteiger partial charge on any atom is -0.376 e. The minimum atomic E-state index is -0.0327. The van der Waals surface area contributed by atoms with E-state index in [9.17, 15) is 9.59 Å². The highest BCUT2D eigenvalue weighted by Crippen LogP contribution is 2.22. The summed E-state index contributed by atoms with van der Waals surface area (Å²) in [4.78, 5) is 29.1. The maximum absolute atomic E-state index is 13.0. The van der Waals surface area contributed by atoms with Gasteiger partial charge in [-0.1, -0.05) is 13.8 Å². The summed E-state index contributed by atoms with van der Waals surface area (Å²) < 4.78 is 5.83. The molecule has 0 radical (unpaired) electrons. The second-order valence-electron chi connectivity index (χ2n) is 7.20. The molecule has 2 aliphatic heterocycles. The fraction of sp³-hybridized carbons (Fsp3) is 0.895. The van der Waals surface area contributed by atoms with Crippen molar-refractivity contribution in [1.82, 2.24) is 9.80 Å². The van der Waals surface area contributed by atoms with E-state index < -0.39 is 0 Å². The number of hydrogen-bond acceptors (Lipinski definition) is 3. The topological polar surface area (TPSA) is 49.9 Å². The van der Waals surface area contributed by atoms with Gasteiger partial charge in [0, 0.05) is 39.2 Å². The standard InChI is InChI=1S/C19H34N2O3/c1-3-8-18(22)20-12-7-9-16(14-20)19(23)21(11-4-2)15-17-10-5-6-13-24-17/h16-17H,3-15H2,1-2H3/t16-,17-/m0/s1. The monoisotopic (exact) mass is 338 g/mol. The normalized spacial score (nSPS) is 24.7. The van der Waals surface area contributed by atoms with Crippen molar-refractivity contribution in [3.63, 3.8) is 0 Å². The average Bonchev–Trinajstić information content (AvgIpc) is 2.62. The third kappa shape index (κ3) is 5.47. The van der Waals surface area contributed by atoms with Gasteiger partial charge in [0.1, 0.15) is 0 Å². The Bertz CT molecular complexity index is 407. The Balaban J connectivity index is 1.93. The van der Waals surface area contributed by atoms with Crippen molar-refractivity contribution in [3.8, 4) is 0 Å². The fourth-order valence-corrected chi connectivity index (χ4v) is 3.79. The summed E-state index contributed by atoms with van der Waals surface area (Å²) in [6.07, 6.45) is 7.84. The molecule has 5 heteroatoms. The molecule has 138 valence electrons. The first kappa shape index (κ1) is 19.2. The van der Waals surface area contributed by atoms with Gasteiger partial charge < -0.3 is 14.5 Å². The Morgan fingerprint density at radius 1 is 1.12 bits per heavy atom. The zero-order valence-electron chi connectivity index (χ0n) is 15.5. The zero-order valence-corrected chi connectivity index (χ0v) is 15.5. The summed E-state index contributed by atoms with van der Waals surface area (Å²) in [5, 5.41) is 0. The molecule has 2 fully saturated rings. The first-order valence-corrected chi connectivity index (χ1v) is 9.83. The van der Waals surface area contributed by atoms with Gasteiger partial charge >= 0.3 is 0 Å². The molecule has 0 spiro atoms.